The molecule has 38 heavy (non-hydrogen) atoms. The highest BCUT2D eigenvalue weighted by atomic mass is 127. The standard InChI is InChI=1S/C30H49N3O4.HI/c1-30(2,29(36)37-20-14-13-19-33(3,4)5)31-27(34)25-21-24-17-11-6-7-12-18-26(24)32(28(25)35)22-23-15-9-8-10-16-23;/h21,23H,6-20,22H2,1-5H3;1H. The second-order valence-corrected chi connectivity index (χ2v) is 12.8. The van der Waals surface area contributed by atoms with Crippen LogP contribution in [0.25, 0.3) is 0 Å². The minimum atomic E-state index is -1.22. The molecule has 3 rings (SSSR count). The van der Waals surface area contributed by atoms with Crippen LogP contribution in [0.1, 0.15) is 106 Å². The number of nitrogens with one attached hydrogen (secondary N) is 1. The first-order valence-electron chi connectivity index (χ1n) is 14.5. The highest BCUT2D eigenvalue weighted by Crippen LogP contribution is 2.27. The average Bonchev–Trinajstić information content (AvgIpc) is 2.81. The predicted octanol–water partition coefficient (Wildman–Crippen LogP) is 1.63. The van der Waals surface area contributed by atoms with Gasteiger partial charge in [-0.05, 0) is 82.8 Å². The van der Waals surface area contributed by atoms with Gasteiger partial charge in [-0.2, -0.15) is 0 Å². The first-order valence-corrected chi connectivity index (χ1v) is 14.5. The molecule has 1 heterocycles. The Morgan fingerprint density at radius 3 is 2.29 bits per heavy atom. The number of nitrogens with zero attached hydrogens (tertiary/aromatic N) is 2. The minimum absolute atomic E-state index is 0. The fourth-order valence-corrected chi connectivity index (χ4v) is 5.65. The summed E-state index contributed by atoms with van der Waals surface area (Å²) in [5.41, 5.74) is 0.963. The summed E-state index contributed by atoms with van der Waals surface area (Å²) in [6.07, 6.45) is 14.0. The average molecular weight is 644 g/mol. The minimum Gasteiger partial charge on any atom is -1.00 e. The summed E-state index contributed by atoms with van der Waals surface area (Å²) in [5.74, 6) is -0.470. The molecule has 1 N–H and O–H groups in total. The van der Waals surface area contributed by atoms with Crippen LogP contribution in [0.15, 0.2) is 10.9 Å². The van der Waals surface area contributed by atoms with E-state index in [9.17, 15) is 14.4 Å². The Labute approximate surface area is 246 Å². The molecule has 1 aromatic heterocycles. The second kappa shape index (κ2) is 14.8. The van der Waals surface area contributed by atoms with E-state index in [0.29, 0.717) is 19.1 Å². The number of unbranched alkanes of at least 4 members (excludes halogenated alkanes) is 1. The van der Waals surface area contributed by atoms with E-state index in [2.05, 4.69) is 26.5 Å². The van der Waals surface area contributed by atoms with Gasteiger partial charge in [0, 0.05) is 12.2 Å². The lowest BCUT2D eigenvalue weighted by Crippen LogP contribution is -3.00. The summed E-state index contributed by atoms with van der Waals surface area (Å²) in [4.78, 5) is 39.9. The molecular weight excluding hydrogens is 593 g/mol. The third-order valence-electron chi connectivity index (χ3n) is 7.90. The van der Waals surface area contributed by atoms with Crippen molar-refractivity contribution in [2.24, 2.45) is 5.92 Å². The molecule has 0 unspecified atom stereocenters. The molecule has 1 saturated carbocycles. The highest BCUT2D eigenvalue weighted by Gasteiger charge is 2.33. The quantitative estimate of drug-likeness (QED) is 0.182. The molecule has 1 amide bonds. The molecule has 0 aliphatic heterocycles. The number of carbonyl (C=O) groups excluding carboxylic acids is 2. The van der Waals surface area contributed by atoms with Gasteiger partial charge < -0.3 is 43.1 Å². The van der Waals surface area contributed by atoms with Gasteiger partial charge in [0.25, 0.3) is 11.5 Å². The van der Waals surface area contributed by atoms with Crippen LogP contribution >= 0.6 is 0 Å². The predicted molar refractivity (Wildman–Crippen MR) is 148 cm³/mol. The van der Waals surface area contributed by atoms with Crippen molar-refractivity contribution >= 4 is 11.9 Å². The third-order valence-corrected chi connectivity index (χ3v) is 7.90. The molecule has 2 aliphatic carbocycles. The van der Waals surface area contributed by atoms with Crippen molar-refractivity contribution < 1.29 is 42.8 Å². The molecule has 2 aliphatic rings. The number of hydrogen-bond acceptors (Lipinski definition) is 4. The summed E-state index contributed by atoms with van der Waals surface area (Å²) in [6.45, 7) is 5.32. The number of aromatic nitrogens is 1. The molecule has 216 valence electrons. The number of aryl methyl sites for hydroxylation is 1. The monoisotopic (exact) mass is 643 g/mol. The number of quaternary nitrogens is 1. The molecular formula is C30H50IN3O4. The fourth-order valence-electron chi connectivity index (χ4n) is 5.65. The first kappa shape index (κ1) is 32.8. The first-order chi connectivity index (χ1) is 17.5. The Morgan fingerprint density at radius 1 is 1.00 bits per heavy atom. The lowest BCUT2D eigenvalue weighted by Gasteiger charge is -2.28. The molecule has 0 saturated heterocycles. The number of rotatable bonds is 10. The van der Waals surface area contributed by atoms with Gasteiger partial charge in [0.05, 0.1) is 34.3 Å². The van der Waals surface area contributed by atoms with Crippen molar-refractivity contribution in [3.63, 3.8) is 0 Å². The van der Waals surface area contributed by atoms with Gasteiger partial charge in [0.1, 0.15) is 11.1 Å². The van der Waals surface area contributed by atoms with Crippen molar-refractivity contribution in [2.75, 3.05) is 34.3 Å². The zero-order chi connectivity index (χ0) is 27.1. The zero-order valence-corrected chi connectivity index (χ0v) is 26.5. The van der Waals surface area contributed by atoms with Gasteiger partial charge >= 0.3 is 5.97 Å². The molecule has 0 aromatic carbocycles. The van der Waals surface area contributed by atoms with Crippen molar-refractivity contribution in [3.8, 4) is 0 Å². The van der Waals surface area contributed by atoms with Crippen molar-refractivity contribution in [1.29, 1.82) is 0 Å². The maximum absolute atomic E-state index is 13.7. The van der Waals surface area contributed by atoms with E-state index < -0.39 is 17.4 Å². The van der Waals surface area contributed by atoms with Crippen LogP contribution in [0.5, 0.6) is 0 Å². The van der Waals surface area contributed by atoms with Crippen molar-refractivity contribution in [1.82, 2.24) is 9.88 Å². The SMILES string of the molecule is CC(C)(NC(=O)c1cc2c(n(CC3CCCCC3)c1=O)CCCCCC2)C(=O)OCCCC[N+](C)(C)C.[I-]. The number of hydrogen-bond donors (Lipinski definition) is 1. The molecule has 8 heteroatoms. The summed E-state index contributed by atoms with van der Waals surface area (Å²) in [7, 11) is 6.41. The lowest BCUT2D eigenvalue weighted by atomic mass is 9.88. The van der Waals surface area contributed by atoms with Crippen molar-refractivity contribution in [2.45, 2.75) is 109 Å². The zero-order valence-electron chi connectivity index (χ0n) is 24.4. The van der Waals surface area contributed by atoms with Gasteiger partial charge in [0.2, 0.25) is 0 Å². The van der Waals surface area contributed by atoms with Crippen LogP contribution in [0.2, 0.25) is 0 Å². The van der Waals surface area contributed by atoms with E-state index in [1.807, 2.05) is 10.6 Å². The Hall–Kier alpha value is -1.42. The Morgan fingerprint density at radius 2 is 1.63 bits per heavy atom. The fraction of sp³-hybridized carbons (Fsp3) is 0.767. The maximum Gasteiger partial charge on any atom is 0.331 e. The van der Waals surface area contributed by atoms with Gasteiger partial charge in [0.15, 0.2) is 0 Å². The largest absolute Gasteiger partial charge is 1.00 e. The summed E-state index contributed by atoms with van der Waals surface area (Å²) in [5, 5.41) is 2.81. The summed E-state index contributed by atoms with van der Waals surface area (Å²) < 4.78 is 8.28. The van der Waals surface area contributed by atoms with E-state index in [-0.39, 0.29) is 35.1 Å². The number of carbonyl (C=O) groups is 2. The van der Waals surface area contributed by atoms with E-state index in [1.54, 1.807) is 13.8 Å². The van der Waals surface area contributed by atoms with E-state index >= 15 is 0 Å². The number of amides is 1. The van der Waals surface area contributed by atoms with Crippen LogP contribution in [0, 0.1) is 5.92 Å². The smallest absolute Gasteiger partial charge is 0.331 e. The van der Waals surface area contributed by atoms with Gasteiger partial charge in [-0.1, -0.05) is 32.1 Å². The van der Waals surface area contributed by atoms with Gasteiger partial charge in [-0.3, -0.25) is 9.59 Å². The summed E-state index contributed by atoms with van der Waals surface area (Å²) in [6, 6.07) is 1.81. The lowest BCUT2D eigenvalue weighted by molar-refractivity contribution is -0.870. The molecule has 7 nitrogen and oxygen atoms in total. The number of pyridine rings is 1. The second-order valence-electron chi connectivity index (χ2n) is 12.8. The Kier molecular flexibility index (Phi) is 12.8. The molecule has 0 spiro atoms. The summed E-state index contributed by atoms with van der Waals surface area (Å²) >= 11 is 0. The molecule has 0 radical (unpaired) electrons. The number of halogens is 1. The van der Waals surface area contributed by atoms with Crippen LogP contribution < -0.4 is 34.9 Å². The molecule has 0 atom stereocenters. The Balaban J connectivity index is 0.00000507. The van der Waals surface area contributed by atoms with E-state index in [4.69, 9.17) is 4.74 Å². The van der Waals surface area contributed by atoms with Crippen LogP contribution in [0.3, 0.4) is 0 Å². The molecule has 0 bridgehead atoms. The van der Waals surface area contributed by atoms with Crippen LogP contribution in [-0.4, -0.2) is 60.8 Å². The topological polar surface area (TPSA) is 77.4 Å². The number of esters is 1. The number of ether oxygens (including phenoxy) is 1. The third kappa shape index (κ3) is 9.65. The molecule has 1 aromatic rings. The number of fused-ring (bicyclic) bond motifs is 1. The van der Waals surface area contributed by atoms with Gasteiger partial charge in [-0.25, -0.2) is 4.79 Å². The van der Waals surface area contributed by atoms with Crippen molar-refractivity contribution in [3.05, 3.63) is 33.2 Å². The maximum atomic E-state index is 13.7. The highest BCUT2D eigenvalue weighted by molar-refractivity contribution is 5.97. The normalized spacial score (nSPS) is 17.0. The molecule has 1 fully saturated rings. The Bertz CT molecular complexity index is 990. The van der Waals surface area contributed by atoms with Crippen LogP contribution in [-0.2, 0) is 28.9 Å². The van der Waals surface area contributed by atoms with Gasteiger partial charge in [-0.15, -0.1) is 0 Å². The van der Waals surface area contributed by atoms with Crippen LogP contribution in [0.4, 0.5) is 0 Å². The van der Waals surface area contributed by atoms with E-state index in [1.165, 1.54) is 32.1 Å². The van der Waals surface area contributed by atoms with E-state index in [0.717, 1.165) is 73.7 Å².